The molecule has 0 unspecified atom stereocenters. The molecule has 0 saturated carbocycles. The van der Waals surface area contributed by atoms with Crippen LogP contribution in [0.4, 0.5) is 5.69 Å². The predicted molar refractivity (Wildman–Crippen MR) is 133 cm³/mol. The van der Waals surface area contributed by atoms with E-state index in [1.54, 1.807) is 6.08 Å². The molecule has 0 aliphatic carbocycles. The molecule has 0 aromatic heterocycles. The zero-order valence-corrected chi connectivity index (χ0v) is 20.0. The smallest absolute Gasteiger partial charge is 0.266 e. The van der Waals surface area contributed by atoms with Crippen LogP contribution in [-0.2, 0) is 11.4 Å². The second-order valence-electron chi connectivity index (χ2n) is 7.01. The molecular weight excluding hydrogens is 523 g/mol. The number of benzene rings is 3. The number of amides is 1. The first-order valence-corrected chi connectivity index (χ1v) is 11.0. The van der Waals surface area contributed by atoms with Crippen LogP contribution in [-0.4, -0.2) is 5.91 Å². The van der Waals surface area contributed by atoms with E-state index in [9.17, 15) is 10.1 Å². The summed E-state index contributed by atoms with van der Waals surface area (Å²) in [6.07, 6.45) is 1.57. The molecule has 0 atom stereocenters. The van der Waals surface area contributed by atoms with Gasteiger partial charge < -0.3 is 10.1 Å². The highest BCUT2D eigenvalue weighted by Crippen LogP contribution is 2.26. The number of nitriles is 1. The fourth-order valence-electron chi connectivity index (χ4n) is 2.95. The number of carbonyl (C=O) groups is 1. The minimum absolute atomic E-state index is 0.0283. The first-order valence-electron chi connectivity index (χ1n) is 9.53. The lowest BCUT2D eigenvalue weighted by molar-refractivity contribution is -0.112. The second kappa shape index (κ2) is 10.5. The molecule has 6 heteroatoms. The second-order valence-corrected chi connectivity index (χ2v) is 8.58. The summed E-state index contributed by atoms with van der Waals surface area (Å²) in [6.45, 7) is 4.26. The number of rotatable bonds is 6. The Morgan fingerprint density at radius 1 is 1.16 bits per heavy atom. The monoisotopic (exact) mass is 542 g/mol. The van der Waals surface area contributed by atoms with Gasteiger partial charge in [-0.25, -0.2) is 0 Å². The van der Waals surface area contributed by atoms with Gasteiger partial charge in [-0.1, -0.05) is 53.6 Å². The SMILES string of the molecule is Cc1ccc(NC(=O)/C(C#N)=C/c2ccc(OCc3ccccc3Cl)c(I)c2)c(C)c1. The minimum Gasteiger partial charge on any atom is -0.488 e. The Bertz CT molecular complexity index is 1200. The van der Waals surface area contributed by atoms with E-state index in [1.807, 2.05) is 80.6 Å². The largest absolute Gasteiger partial charge is 0.488 e. The van der Waals surface area contributed by atoms with E-state index < -0.39 is 5.91 Å². The topological polar surface area (TPSA) is 62.1 Å². The highest BCUT2D eigenvalue weighted by atomic mass is 127. The standard InChI is InChI=1S/C25H20ClIN2O2/c1-16-7-9-23(17(2)11-16)29-25(30)20(14-28)12-18-8-10-24(22(27)13-18)31-15-19-5-3-4-6-21(19)26/h3-13H,15H2,1-2H3,(H,29,30)/b20-12+. The summed E-state index contributed by atoms with van der Waals surface area (Å²) in [5.41, 5.74) is 4.41. The fourth-order valence-corrected chi connectivity index (χ4v) is 3.84. The van der Waals surface area contributed by atoms with E-state index in [0.717, 1.165) is 25.8 Å². The summed E-state index contributed by atoms with van der Waals surface area (Å²) >= 11 is 8.34. The number of hydrogen-bond acceptors (Lipinski definition) is 3. The van der Waals surface area contributed by atoms with Crippen LogP contribution in [0.25, 0.3) is 6.08 Å². The Morgan fingerprint density at radius 3 is 2.61 bits per heavy atom. The highest BCUT2D eigenvalue weighted by Gasteiger charge is 2.12. The lowest BCUT2D eigenvalue weighted by Crippen LogP contribution is -2.14. The van der Waals surface area contributed by atoms with Gasteiger partial charge in [0, 0.05) is 16.3 Å². The third-order valence-electron chi connectivity index (χ3n) is 4.60. The molecular formula is C25H20ClIN2O2. The van der Waals surface area contributed by atoms with Gasteiger partial charge in [-0.2, -0.15) is 5.26 Å². The van der Waals surface area contributed by atoms with Crippen LogP contribution in [0.15, 0.2) is 66.2 Å². The summed E-state index contributed by atoms with van der Waals surface area (Å²) < 4.78 is 6.75. The van der Waals surface area contributed by atoms with Crippen LogP contribution in [0.3, 0.4) is 0 Å². The third kappa shape index (κ3) is 6.09. The van der Waals surface area contributed by atoms with E-state index in [2.05, 4.69) is 27.9 Å². The number of halogens is 2. The van der Waals surface area contributed by atoms with Crippen molar-refractivity contribution in [2.45, 2.75) is 20.5 Å². The Hall–Kier alpha value is -2.82. The van der Waals surface area contributed by atoms with E-state index in [4.69, 9.17) is 16.3 Å². The van der Waals surface area contributed by atoms with Crippen molar-refractivity contribution in [2.75, 3.05) is 5.32 Å². The molecule has 31 heavy (non-hydrogen) atoms. The van der Waals surface area contributed by atoms with Crippen LogP contribution < -0.4 is 10.1 Å². The molecule has 0 aliphatic rings. The number of aryl methyl sites for hydroxylation is 2. The van der Waals surface area contributed by atoms with Gasteiger partial charge in [0.1, 0.15) is 24.0 Å². The molecule has 3 rings (SSSR count). The zero-order valence-electron chi connectivity index (χ0n) is 17.1. The first kappa shape index (κ1) is 22.9. The summed E-state index contributed by atoms with van der Waals surface area (Å²) in [6, 6.07) is 20.8. The molecule has 3 aromatic rings. The number of anilines is 1. The van der Waals surface area contributed by atoms with Crippen LogP contribution in [0.2, 0.25) is 5.02 Å². The Labute approximate surface area is 200 Å². The van der Waals surface area contributed by atoms with Gasteiger partial charge in [-0.15, -0.1) is 0 Å². The summed E-state index contributed by atoms with van der Waals surface area (Å²) in [4.78, 5) is 12.6. The van der Waals surface area contributed by atoms with Crippen molar-refractivity contribution in [1.29, 1.82) is 5.26 Å². The first-order chi connectivity index (χ1) is 14.9. The molecule has 0 radical (unpaired) electrons. The average molecular weight is 543 g/mol. The van der Waals surface area contributed by atoms with Crippen molar-refractivity contribution in [1.82, 2.24) is 0 Å². The molecule has 1 N–H and O–H groups in total. The van der Waals surface area contributed by atoms with Gasteiger partial charge in [0.2, 0.25) is 0 Å². The maximum absolute atomic E-state index is 12.6. The third-order valence-corrected chi connectivity index (χ3v) is 5.81. The van der Waals surface area contributed by atoms with Crippen molar-refractivity contribution in [3.63, 3.8) is 0 Å². The lowest BCUT2D eigenvalue weighted by atomic mass is 10.1. The number of nitrogens with zero attached hydrogens (tertiary/aromatic N) is 1. The van der Waals surface area contributed by atoms with Gasteiger partial charge in [-0.3, -0.25) is 4.79 Å². The number of carbonyl (C=O) groups excluding carboxylic acids is 1. The van der Waals surface area contributed by atoms with Crippen LogP contribution in [0, 0.1) is 28.7 Å². The van der Waals surface area contributed by atoms with Gasteiger partial charge in [0.25, 0.3) is 5.91 Å². The Kier molecular flexibility index (Phi) is 7.72. The van der Waals surface area contributed by atoms with Crippen molar-refractivity contribution in [3.05, 3.63) is 97.1 Å². The summed E-state index contributed by atoms with van der Waals surface area (Å²) in [5.74, 6) is 0.263. The van der Waals surface area contributed by atoms with Crippen LogP contribution in [0.1, 0.15) is 22.3 Å². The van der Waals surface area contributed by atoms with E-state index in [0.29, 0.717) is 23.1 Å². The van der Waals surface area contributed by atoms with Crippen LogP contribution >= 0.6 is 34.2 Å². The molecule has 0 fully saturated rings. The van der Waals surface area contributed by atoms with Gasteiger partial charge >= 0.3 is 0 Å². The van der Waals surface area contributed by atoms with E-state index >= 15 is 0 Å². The normalized spacial score (nSPS) is 11.0. The lowest BCUT2D eigenvalue weighted by Gasteiger charge is -2.10. The number of ether oxygens (including phenoxy) is 1. The van der Waals surface area contributed by atoms with Gasteiger partial charge in [0.05, 0.1) is 3.57 Å². The molecule has 3 aromatic carbocycles. The Balaban J connectivity index is 1.73. The predicted octanol–water partition coefficient (Wildman–Crippen LogP) is 6.69. The summed E-state index contributed by atoms with van der Waals surface area (Å²) in [5, 5.41) is 13.0. The van der Waals surface area contributed by atoms with Crippen molar-refractivity contribution in [3.8, 4) is 11.8 Å². The van der Waals surface area contributed by atoms with Crippen molar-refractivity contribution >= 4 is 51.9 Å². The average Bonchev–Trinajstić information content (AvgIpc) is 2.74. The molecule has 0 bridgehead atoms. The van der Waals surface area contributed by atoms with E-state index in [1.165, 1.54) is 0 Å². The number of nitrogens with one attached hydrogen (secondary N) is 1. The summed E-state index contributed by atoms with van der Waals surface area (Å²) in [7, 11) is 0. The maximum Gasteiger partial charge on any atom is 0.266 e. The molecule has 1 amide bonds. The minimum atomic E-state index is -0.441. The molecule has 0 saturated heterocycles. The zero-order chi connectivity index (χ0) is 22.4. The molecule has 156 valence electrons. The highest BCUT2D eigenvalue weighted by molar-refractivity contribution is 14.1. The molecule has 0 spiro atoms. The fraction of sp³-hybridized carbons (Fsp3) is 0.120. The van der Waals surface area contributed by atoms with E-state index in [-0.39, 0.29) is 5.57 Å². The molecule has 4 nitrogen and oxygen atoms in total. The van der Waals surface area contributed by atoms with Gasteiger partial charge in [-0.05, 0) is 77.9 Å². The number of hydrogen-bond donors (Lipinski definition) is 1. The van der Waals surface area contributed by atoms with Crippen molar-refractivity contribution in [2.24, 2.45) is 0 Å². The quantitative estimate of drug-likeness (QED) is 0.215. The molecule has 0 heterocycles. The molecule has 0 aliphatic heterocycles. The van der Waals surface area contributed by atoms with Crippen molar-refractivity contribution < 1.29 is 9.53 Å². The van der Waals surface area contributed by atoms with Gasteiger partial charge in [0.15, 0.2) is 0 Å². The van der Waals surface area contributed by atoms with Crippen LogP contribution in [0.5, 0.6) is 5.75 Å². The Morgan fingerprint density at radius 2 is 1.94 bits per heavy atom. The maximum atomic E-state index is 12.6.